The van der Waals surface area contributed by atoms with Gasteiger partial charge >= 0.3 is 29.6 Å². The van der Waals surface area contributed by atoms with Crippen molar-refractivity contribution >= 4 is 101 Å². The quantitative estimate of drug-likeness (QED) is 0.0226. The number of rotatable bonds is 20. The summed E-state index contributed by atoms with van der Waals surface area (Å²) in [5.41, 5.74) is 7.69. The summed E-state index contributed by atoms with van der Waals surface area (Å²) in [5.74, 6) is 2.50. The maximum atomic E-state index is 12.2. The predicted molar refractivity (Wildman–Crippen MR) is 441 cm³/mol. The van der Waals surface area contributed by atoms with Gasteiger partial charge in [0.15, 0.2) is 11.5 Å². The van der Waals surface area contributed by atoms with Gasteiger partial charge in [-0.3, -0.25) is 0 Å². The molecule has 1 unspecified atom stereocenters. The first kappa shape index (κ1) is 84.5. The van der Waals surface area contributed by atoms with E-state index >= 15 is 0 Å². The molecule has 0 N–H and O–H groups in total. The number of aryl methyl sites for hydroxylation is 1. The first-order valence-corrected chi connectivity index (χ1v) is 38.1. The molecule has 548 valence electrons. The van der Waals surface area contributed by atoms with Crippen molar-refractivity contribution < 1.29 is 52.0 Å². The number of ether oxygens (including phenoxy) is 2. The number of nitriles is 6. The van der Waals surface area contributed by atoms with Crippen LogP contribution in [-0.4, -0.2) is 32.6 Å². The molecule has 0 saturated heterocycles. The van der Waals surface area contributed by atoms with Crippen molar-refractivity contribution in [1.29, 1.82) is 31.6 Å². The zero-order valence-electron chi connectivity index (χ0n) is 61.4. The second-order valence-corrected chi connectivity index (χ2v) is 29.3. The number of thioether (sulfide) groups is 1. The Kier molecular flexibility index (Phi) is 30.2. The first-order valence-electron chi connectivity index (χ1n) is 34.7. The van der Waals surface area contributed by atoms with Crippen LogP contribution in [0.3, 0.4) is 0 Å². The van der Waals surface area contributed by atoms with E-state index in [-0.39, 0.29) is 87.8 Å². The van der Waals surface area contributed by atoms with Crippen molar-refractivity contribution in [2.24, 2.45) is 5.92 Å². The third-order valence-corrected chi connectivity index (χ3v) is 20.8. The SMILES string of the molecule is [C-]#[N+]/C(C#N)=C(/C(C#N)=C/C=C1\Oc2ccc(Cl)cc2N1CCC(c1ccccc1)S(=O)(=O)[O-])c1cccc(Cl)c1.[C-]#[N+]/C(C#N)=C(/C(C#N)=C/C=C1\Oc2ccccc2N1CCc1ccc(C)cc1)c1ccc(Cl)cc1.[C-]#[N+]/C(C#N)=C(/C(C#N)=C/C=C1\Sc2cc3ccccc3cc2N1CCC(C)C)c1ccccc1.[Na+]. The van der Waals surface area contributed by atoms with Crippen LogP contribution >= 0.6 is 46.6 Å². The average molecular weight is 1590 g/mol. The standard InChI is InChI=1S/C30H20Cl2N4O4S.C30H21ClN4O.C30H24N4S.Na/c1-35-25(19-34)30(21-8-5-9-23(31)16-21)22(18-33)10-13-29-36(26-17-24(32)11-12-27(26)40-29)15-14-28(41(37,38)39)20-6-3-2-4-7-20;1-21-7-9-22(10-8-21)17-18-35-27-5-3-4-6-28(27)36-29(35)16-13-24(19-32)30(26(20-33)34-2)23-11-14-25(31)15-12-23;1-21(2)15-16-34-27-17-23-11-7-8-12-24(23)18-28(27)35-29(34)14-13-25(19-31)30(26(20-32)33-3)22-9-5-4-6-10-22;/h2-13,16-17,28H,14-15H2,(H,37,38,39);3-16H,17-18H2,1H3;4-14,17-18,21H,15-16H2,1-2H3;/q;;;+1/p-1/b22-10+,29-13-,30-25+;24-13+,29-16-,30-26+;25-13+,29-14-,30-26+;. The Hall–Kier alpha value is -12.6. The molecule has 0 bridgehead atoms. The fraction of sp³-hybridized carbons (Fsp3) is 0.122. The zero-order valence-corrected chi connectivity index (χ0v) is 67.3. The van der Waals surface area contributed by atoms with Crippen LogP contribution in [0, 0.1) is 101 Å². The number of anilines is 3. The Morgan fingerprint density at radius 3 is 1.52 bits per heavy atom. The predicted octanol–water partition coefficient (Wildman–Crippen LogP) is 19.2. The molecule has 3 aliphatic heterocycles. The molecule has 9 aromatic carbocycles. The normalized spacial score (nSPS) is 14.7. The molecule has 0 amide bonds. The van der Waals surface area contributed by atoms with Crippen molar-refractivity contribution in [2.75, 3.05) is 34.3 Å². The molecular weight excluding hydrogens is 1520 g/mol. The molecule has 0 spiro atoms. The van der Waals surface area contributed by atoms with E-state index in [2.05, 4.69) is 112 Å². The van der Waals surface area contributed by atoms with Crippen molar-refractivity contribution in [3.63, 3.8) is 0 Å². The summed E-state index contributed by atoms with van der Waals surface area (Å²) < 4.78 is 48.6. The summed E-state index contributed by atoms with van der Waals surface area (Å²) in [6.45, 7) is 30.5. The minimum atomic E-state index is -4.70. The molecule has 9 aromatic rings. The Morgan fingerprint density at radius 1 is 0.496 bits per heavy atom. The molecule has 113 heavy (non-hydrogen) atoms. The van der Waals surface area contributed by atoms with Gasteiger partial charge in [-0.25, -0.2) is 38.7 Å². The van der Waals surface area contributed by atoms with Crippen LogP contribution in [0.5, 0.6) is 11.5 Å². The fourth-order valence-electron chi connectivity index (χ4n) is 12.3. The minimum Gasteiger partial charge on any atom is -0.747 e. The maximum Gasteiger partial charge on any atom is 1.00 e. The Morgan fingerprint density at radius 2 is 0.973 bits per heavy atom. The molecule has 12 rings (SSSR count). The van der Waals surface area contributed by atoms with E-state index in [1.54, 1.807) is 132 Å². The third kappa shape index (κ3) is 21.3. The van der Waals surface area contributed by atoms with Crippen LogP contribution in [0.25, 0.3) is 42.0 Å². The van der Waals surface area contributed by atoms with Gasteiger partial charge in [0, 0.05) is 68.5 Å². The Bertz CT molecular complexity index is 5910. The van der Waals surface area contributed by atoms with Crippen LogP contribution < -0.4 is 53.7 Å². The molecule has 0 fully saturated rings. The van der Waals surface area contributed by atoms with Crippen LogP contribution in [-0.2, 0) is 16.5 Å². The van der Waals surface area contributed by atoms with Crippen molar-refractivity contribution in [1.82, 2.24) is 0 Å². The topological polar surface area (TPSA) is 241 Å². The second kappa shape index (κ2) is 40.4. The number of para-hydroxylation sites is 2. The molecule has 0 saturated carbocycles. The van der Waals surface area contributed by atoms with Gasteiger partial charge in [-0.2, -0.15) is 15.8 Å². The van der Waals surface area contributed by atoms with E-state index in [0.717, 1.165) is 35.9 Å². The zero-order chi connectivity index (χ0) is 79.8. The van der Waals surface area contributed by atoms with Gasteiger partial charge in [0.1, 0.15) is 10.1 Å². The Balaban J connectivity index is 0.000000194. The molecule has 3 aliphatic rings. The largest absolute Gasteiger partial charge is 1.00 e. The number of hydrogen-bond donors (Lipinski definition) is 0. The molecule has 3 heterocycles. The van der Waals surface area contributed by atoms with Crippen LogP contribution in [0.4, 0.5) is 17.1 Å². The average Bonchev–Trinajstić information content (AvgIpc) is 1.64. The van der Waals surface area contributed by atoms with Gasteiger partial charge < -0.3 is 28.7 Å². The van der Waals surface area contributed by atoms with E-state index in [1.165, 1.54) is 44.6 Å². The molecule has 0 aromatic heterocycles. The maximum absolute atomic E-state index is 12.2. The summed E-state index contributed by atoms with van der Waals surface area (Å²) in [7, 11) is -4.70. The first-order chi connectivity index (χ1) is 54.2. The number of allylic oxidation sites excluding steroid dienone is 15. The van der Waals surface area contributed by atoms with Gasteiger partial charge in [-0.05, 0) is 162 Å². The molecule has 0 radical (unpaired) electrons. The number of hydrogen-bond acceptors (Lipinski definition) is 15. The van der Waals surface area contributed by atoms with E-state index in [1.807, 2.05) is 91.0 Å². The molecule has 17 nitrogen and oxygen atoms in total. The van der Waals surface area contributed by atoms with E-state index in [0.29, 0.717) is 78.3 Å². The Labute approximate surface area is 699 Å². The minimum absolute atomic E-state index is 0. The van der Waals surface area contributed by atoms with Crippen molar-refractivity contribution in [3.8, 4) is 47.9 Å². The van der Waals surface area contributed by atoms with E-state index < -0.39 is 15.4 Å². The fourth-order valence-corrected chi connectivity index (χ4v) is 14.8. The second-order valence-electron chi connectivity index (χ2n) is 25.4. The summed E-state index contributed by atoms with van der Waals surface area (Å²) >= 11 is 20.1. The molecule has 1 atom stereocenters. The summed E-state index contributed by atoms with van der Waals surface area (Å²) in [6.07, 6.45) is 11.6. The van der Waals surface area contributed by atoms with Crippen LogP contribution in [0.2, 0.25) is 15.1 Å². The molecule has 0 aliphatic carbocycles. The molecular formula is C90H64Cl3N12NaO5S2. The van der Waals surface area contributed by atoms with Gasteiger partial charge in [0.25, 0.3) is 17.1 Å². The van der Waals surface area contributed by atoms with Gasteiger partial charge in [-0.15, -0.1) is 0 Å². The third-order valence-electron chi connectivity index (χ3n) is 17.8. The smallest absolute Gasteiger partial charge is 0.747 e. The number of fused-ring (bicyclic) bond motifs is 4. The van der Waals surface area contributed by atoms with Crippen molar-refractivity contribution in [3.05, 3.63) is 382 Å². The van der Waals surface area contributed by atoms with Gasteiger partial charge in [0.2, 0.25) is 11.8 Å². The number of halogens is 3. The van der Waals surface area contributed by atoms with E-state index in [9.17, 15) is 44.5 Å². The van der Waals surface area contributed by atoms with Crippen LogP contribution in [0.15, 0.2) is 304 Å². The van der Waals surface area contributed by atoms with Crippen LogP contribution in [0.1, 0.15) is 65.3 Å². The molecule has 23 heteroatoms. The summed E-state index contributed by atoms with van der Waals surface area (Å²) in [4.78, 5) is 17.2. The monoisotopic (exact) mass is 1580 g/mol. The van der Waals surface area contributed by atoms with Gasteiger partial charge in [-0.1, -0.05) is 212 Å². The summed E-state index contributed by atoms with van der Waals surface area (Å²) in [6, 6.07) is 76.5. The summed E-state index contributed by atoms with van der Waals surface area (Å²) in [5, 5.41) is 62.1. The number of benzene rings is 9. The number of nitrogens with zero attached hydrogens (tertiary/aromatic N) is 12. The van der Waals surface area contributed by atoms with Gasteiger partial charge in [0.05, 0.1) is 100 Å². The van der Waals surface area contributed by atoms with E-state index in [4.69, 9.17) is 64.0 Å². The van der Waals surface area contributed by atoms with Crippen molar-refractivity contribution in [2.45, 2.75) is 50.2 Å².